The molecule has 3 heterocycles. The second-order valence-electron chi connectivity index (χ2n) is 12.7. The number of aliphatic carboxylic acids is 2. The van der Waals surface area contributed by atoms with E-state index in [4.69, 9.17) is 23.7 Å². The Hall–Kier alpha value is -2.76. The number of hydrogen-bond donors (Lipinski definition) is 15. The van der Waals surface area contributed by atoms with Crippen molar-refractivity contribution in [3.8, 4) is 0 Å². The number of carbonyl (C=O) groups excluding carboxylic acids is 2. The number of amides is 2. The maximum absolute atomic E-state index is 12.6. The lowest BCUT2D eigenvalue weighted by molar-refractivity contribution is -0.372. The molecule has 0 saturated carbocycles. The lowest BCUT2D eigenvalue weighted by atomic mass is 9.88. The highest BCUT2D eigenvalue weighted by atomic mass is 16.8. The minimum Gasteiger partial charge on any atom is -0.477 e. The number of nitrogens with one attached hydrogen (secondary N) is 2. The predicted molar refractivity (Wildman–Crippen MR) is 159 cm³/mol. The van der Waals surface area contributed by atoms with Gasteiger partial charge in [0.05, 0.1) is 44.1 Å². The van der Waals surface area contributed by atoms with Crippen LogP contribution in [0.25, 0.3) is 0 Å². The molecular formula is C28H46N2O22. The first-order chi connectivity index (χ1) is 24.1. The van der Waals surface area contributed by atoms with Gasteiger partial charge >= 0.3 is 11.9 Å². The molecule has 3 aliphatic heterocycles. The van der Waals surface area contributed by atoms with E-state index in [2.05, 4.69) is 10.6 Å². The Morgan fingerprint density at radius 3 is 1.56 bits per heavy atom. The fourth-order valence-corrected chi connectivity index (χ4v) is 6.16. The summed E-state index contributed by atoms with van der Waals surface area (Å²) < 4.78 is 27.0. The van der Waals surface area contributed by atoms with Gasteiger partial charge in [-0.2, -0.15) is 0 Å². The number of carboxylic acids is 2. The third kappa shape index (κ3) is 9.30. The monoisotopic (exact) mass is 762 g/mol. The van der Waals surface area contributed by atoms with Gasteiger partial charge in [-0.25, -0.2) is 9.59 Å². The molecular weight excluding hydrogens is 716 g/mol. The van der Waals surface area contributed by atoms with Crippen molar-refractivity contribution in [3.63, 3.8) is 0 Å². The standard InChI is InChI=1S/C28H46N2O22/c1-8(33)29-15-10(35)3-27(25(44)45,50-21(15)17(39)12(37)5-31)48-7-14-19(41)23(20(42)24(43)49-14)52-28(26(46)47)4-11(36)16(30-9(2)34)22(51-28)18(40)13(38)6-32/h10-24,31-32,35-43H,3-7H2,1-2H3,(H,29,33)(H,30,34)(H,44,45)(H,46,47)/t10-,11-,12+,13+,14+,15+,16+,17+,18+,19-,20+,21+,22+,23-,24-,27+,28-/m0/s1. The fraction of sp³-hybridized carbons (Fsp3) is 0.857. The van der Waals surface area contributed by atoms with Crippen LogP contribution in [0.15, 0.2) is 0 Å². The van der Waals surface area contributed by atoms with E-state index in [1.165, 1.54) is 0 Å². The minimum absolute atomic E-state index is 0.769. The zero-order valence-corrected chi connectivity index (χ0v) is 27.7. The molecule has 17 atom stereocenters. The number of aliphatic hydroxyl groups is 11. The Morgan fingerprint density at radius 1 is 0.731 bits per heavy atom. The molecule has 24 nitrogen and oxygen atoms in total. The average Bonchev–Trinajstić information content (AvgIpc) is 3.07. The highest BCUT2D eigenvalue weighted by Gasteiger charge is 2.60. The Morgan fingerprint density at radius 2 is 1.15 bits per heavy atom. The molecule has 3 aliphatic rings. The van der Waals surface area contributed by atoms with Gasteiger partial charge in [0.15, 0.2) is 6.29 Å². The van der Waals surface area contributed by atoms with Gasteiger partial charge in [-0.15, -0.1) is 0 Å². The maximum Gasteiger partial charge on any atom is 0.364 e. The Bertz CT molecular complexity index is 1260. The van der Waals surface area contributed by atoms with Crippen LogP contribution in [-0.2, 0) is 42.9 Å². The molecule has 0 radical (unpaired) electrons. The third-order valence-corrected chi connectivity index (χ3v) is 8.84. The van der Waals surface area contributed by atoms with Crippen molar-refractivity contribution >= 4 is 23.8 Å². The molecule has 0 aromatic carbocycles. The van der Waals surface area contributed by atoms with E-state index in [-0.39, 0.29) is 0 Å². The number of rotatable bonds is 15. The summed E-state index contributed by atoms with van der Waals surface area (Å²) in [5, 5.41) is 139. The van der Waals surface area contributed by atoms with E-state index >= 15 is 0 Å². The quantitative estimate of drug-likeness (QED) is 0.0736. The van der Waals surface area contributed by atoms with Crippen molar-refractivity contribution in [2.24, 2.45) is 0 Å². The van der Waals surface area contributed by atoms with Gasteiger partial charge in [0.1, 0.15) is 61.0 Å². The van der Waals surface area contributed by atoms with Gasteiger partial charge in [0, 0.05) is 26.7 Å². The lowest BCUT2D eigenvalue weighted by Gasteiger charge is -2.50. The van der Waals surface area contributed by atoms with E-state index in [1.54, 1.807) is 0 Å². The molecule has 0 aromatic rings. The van der Waals surface area contributed by atoms with Crippen LogP contribution in [0.1, 0.15) is 26.7 Å². The normalized spacial score (nSPS) is 40.5. The SMILES string of the molecule is CC(=O)N[C@H]1[C@H]([C@H](O)[C@H](O)CO)O[C@@](OC[C@H]2O[C@H](O)[C@H](O)[C@@H](O[C@]3(C(=O)O)C[C@H](O)[C@@H](NC(C)=O)[C@H]([C@H](O)[C@H](O)CO)O3)[C@H]2O)(C(=O)O)C[C@@H]1O. The van der Waals surface area contributed by atoms with E-state index in [9.17, 15) is 85.6 Å². The van der Waals surface area contributed by atoms with E-state index in [0.717, 1.165) is 13.8 Å². The third-order valence-electron chi connectivity index (χ3n) is 8.84. The van der Waals surface area contributed by atoms with Crippen molar-refractivity contribution in [3.05, 3.63) is 0 Å². The van der Waals surface area contributed by atoms with Crippen LogP contribution in [0.2, 0.25) is 0 Å². The molecule has 52 heavy (non-hydrogen) atoms. The molecule has 24 heteroatoms. The summed E-state index contributed by atoms with van der Waals surface area (Å²) in [7, 11) is 0. The van der Waals surface area contributed by atoms with Gasteiger partial charge < -0.3 is 101 Å². The molecule has 0 aliphatic carbocycles. The number of aliphatic hydroxyl groups excluding tert-OH is 11. The highest BCUT2D eigenvalue weighted by Crippen LogP contribution is 2.38. The molecule has 0 aromatic heterocycles. The van der Waals surface area contributed by atoms with Gasteiger partial charge in [-0.1, -0.05) is 0 Å². The van der Waals surface area contributed by atoms with Crippen LogP contribution in [0.5, 0.6) is 0 Å². The van der Waals surface area contributed by atoms with Crippen molar-refractivity contribution in [2.45, 2.75) is 130 Å². The lowest BCUT2D eigenvalue weighted by Crippen LogP contribution is -2.70. The van der Waals surface area contributed by atoms with Crippen molar-refractivity contribution in [2.75, 3.05) is 19.8 Å². The van der Waals surface area contributed by atoms with Crippen molar-refractivity contribution in [1.29, 1.82) is 0 Å². The first-order valence-electron chi connectivity index (χ1n) is 15.8. The fourth-order valence-electron chi connectivity index (χ4n) is 6.16. The van der Waals surface area contributed by atoms with Gasteiger partial charge in [-0.3, -0.25) is 9.59 Å². The van der Waals surface area contributed by atoms with E-state index in [0.29, 0.717) is 0 Å². The van der Waals surface area contributed by atoms with Crippen molar-refractivity contribution < 1.29 is 109 Å². The summed E-state index contributed by atoms with van der Waals surface area (Å²) in [5.41, 5.74) is 0. The summed E-state index contributed by atoms with van der Waals surface area (Å²) in [4.78, 5) is 48.7. The Balaban J connectivity index is 1.92. The van der Waals surface area contributed by atoms with Crippen LogP contribution in [0.4, 0.5) is 0 Å². The molecule has 0 unspecified atom stereocenters. The molecule has 0 spiro atoms. The Kier molecular flexibility index (Phi) is 14.8. The summed E-state index contributed by atoms with van der Waals surface area (Å²) in [6, 6.07) is -3.16. The molecule has 300 valence electrons. The highest BCUT2D eigenvalue weighted by molar-refractivity contribution is 5.77. The van der Waals surface area contributed by atoms with Gasteiger partial charge in [-0.05, 0) is 0 Å². The molecule has 2 amide bonds. The van der Waals surface area contributed by atoms with Gasteiger partial charge in [0.2, 0.25) is 11.8 Å². The number of hydrogen-bond acceptors (Lipinski definition) is 20. The summed E-state index contributed by atoms with van der Waals surface area (Å²) in [6.07, 6.45) is -29.2. The summed E-state index contributed by atoms with van der Waals surface area (Å²) in [5.74, 6) is -11.6. The molecule has 3 saturated heterocycles. The molecule has 3 rings (SSSR count). The maximum atomic E-state index is 12.6. The number of ether oxygens (including phenoxy) is 5. The van der Waals surface area contributed by atoms with Gasteiger partial charge in [0.25, 0.3) is 11.6 Å². The molecule has 3 fully saturated rings. The Labute approximate surface area is 293 Å². The van der Waals surface area contributed by atoms with Crippen molar-refractivity contribution in [1.82, 2.24) is 10.6 Å². The van der Waals surface area contributed by atoms with Crippen LogP contribution >= 0.6 is 0 Å². The largest absolute Gasteiger partial charge is 0.477 e. The zero-order valence-electron chi connectivity index (χ0n) is 27.7. The van der Waals surface area contributed by atoms with E-state index < -0.39 is 160 Å². The first kappa shape index (κ1) is 43.6. The number of carbonyl (C=O) groups is 4. The van der Waals surface area contributed by atoms with Crippen LogP contribution in [-0.4, -0.2) is 213 Å². The van der Waals surface area contributed by atoms with Crippen LogP contribution in [0, 0.1) is 0 Å². The minimum atomic E-state index is -3.13. The topological polar surface area (TPSA) is 401 Å². The van der Waals surface area contributed by atoms with Crippen LogP contribution < -0.4 is 10.6 Å². The molecule has 0 bridgehead atoms. The number of carboxylic acid groups (broad SMARTS) is 2. The summed E-state index contributed by atoms with van der Waals surface area (Å²) in [6.45, 7) is -1.27. The summed E-state index contributed by atoms with van der Waals surface area (Å²) >= 11 is 0. The molecule has 15 N–H and O–H groups in total. The smallest absolute Gasteiger partial charge is 0.364 e. The second-order valence-corrected chi connectivity index (χ2v) is 12.7. The zero-order chi connectivity index (χ0) is 39.5. The average molecular weight is 763 g/mol. The van der Waals surface area contributed by atoms with Crippen LogP contribution in [0.3, 0.4) is 0 Å². The second kappa shape index (κ2) is 17.6. The predicted octanol–water partition coefficient (Wildman–Crippen LogP) is -8.87. The van der Waals surface area contributed by atoms with E-state index in [1.807, 2.05) is 0 Å². The first-order valence-corrected chi connectivity index (χ1v) is 15.8.